The van der Waals surface area contributed by atoms with Gasteiger partial charge in [-0.25, -0.2) is 4.39 Å². The van der Waals surface area contributed by atoms with Crippen LogP contribution in [0.1, 0.15) is 28.4 Å². The van der Waals surface area contributed by atoms with Crippen LogP contribution in [0.3, 0.4) is 0 Å². The molecule has 0 aliphatic rings. The van der Waals surface area contributed by atoms with Crippen molar-refractivity contribution >= 4 is 23.2 Å². The van der Waals surface area contributed by atoms with Gasteiger partial charge in [-0.3, -0.25) is 0 Å². The summed E-state index contributed by atoms with van der Waals surface area (Å²) >= 11 is 11.9. The van der Waals surface area contributed by atoms with Crippen LogP contribution >= 0.6 is 23.2 Å². The Bertz CT molecular complexity index is 626. The van der Waals surface area contributed by atoms with Crippen LogP contribution < -0.4 is 0 Å². The predicted octanol–water partition coefficient (Wildman–Crippen LogP) is 4.83. The fourth-order valence-corrected chi connectivity index (χ4v) is 2.40. The number of rotatable bonds is 2. The van der Waals surface area contributed by atoms with E-state index in [1.165, 1.54) is 6.07 Å². The van der Waals surface area contributed by atoms with Gasteiger partial charge in [-0.2, -0.15) is 0 Å². The first-order chi connectivity index (χ1) is 8.90. The number of aliphatic hydroxyl groups is 1. The monoisotopic (exact) mass is 298 g/mol. The molecule has 0 aliphatic carbocycles. The van der Waals surface area contributed by atoms with Gasteiger partial charge in [0, 0.05) is 15.6 Å². The standard InChI is InChI=1S/C15H13Cl2FO/c1-8-3-4-10(16)6-11(8)15(19)12-5-9(2)14(18)7-13(12)17/h3-7,15,19H,1-2H3. The molecule has 100 valence electrons. The third kappa shape index (κ3) is 2.92. The molecule has 1 unspecified atom stereocenters. The van der Waals surface area contributed by atoms with Crippen LogP contribution in [-0.4, -0.2) is 5.11 Å². The fourth-order valence-electron chi connectivity index (χ4n) is 1.96. The first kappa shape index (κ1) is 14.3. The Morgan fingerprint density at radius 3 is 2.37 bits per heavy atom. The highest BCUT2D eigenvalue weighted by Gasteiger charge is 2.18. The van der Waals surface area contributed by atoms with Crippen LogP contribution in [0.2, 0.25) is 10.0 Å². The lowest BCUT2D eigenvalue weighted by atomic mass is 9.96. The summed E-state index contributed by atoms with van der Waals surface area (Å²) in [6.07, 6.45) is -0.925. The van der Waals surface area contributed by atoms with Gasteiger partial charge in [0.05, 0.1) is 0 Å². The number of halogens is 3. The van der Waals surface area contributed by atoms with E-state index in [4.69, 9.17) is 23.2 Å². The zero-order valence-electron chi connectivity index (χ0n) is 10.5. The van der Waals surface area contributed by atoms with E-state index < -0.39 is 6.10 Å². The first-order valence-corrected chi connectivity index (χ1v) is 6.55. The van der Waals surface area contributed by atoms with E-state index in [9.17, 15) is 9.50 Å². The second kappa shape index (κ2) is 5.49. The minimum Gasteiger partial charge on any atom is -0.384 e. The molecule has 1 N–H and O–H groups in total. The molecule has 0 aromatic heterocycles. The number of hydrogen-bond donors (Lipinski definition) is 1. The smallest absolute Gasteiger partial charge is 0.127 e. The number of hydrogen-bond acceptors (Lipinski definition) is 1. The Kier molecular flexibility index (Phi) is 4.14. The zero-order chi connectivity index (χ0) is 14.2. The summed E-state index contributed by atoms with van der Waals surface area (Å²) in [6, 6.07) is 8.05. The lowest BCUT2D eigenvalue weighted by molar-refractivity contribution is 0.219. The molecule has 0 saturated heterocycles. The Hall–Kier alpha value is -1.09. The third-order valence-electron chi connectivity index (χ3n) is 3.11. The molecular weight excluding hydrogens is 286 g/mol. The molecule has 1 nitrogen and oxygen atoms in total. The van der Waals surface area contributed by atoms with Crippen LogP contribution in [0.4, 0.5) is 4.39 Å². The van der Waals surface area contributed by atoms with Crippen LogP contribution in [0.15, 0.2) is 30.3 Å². The van der Waals surface area contributed by atoms with E-state index in [1.54, 1.807) is 25.1 Å². The summed E-state index contributed by atoms with van der Waals surface area (Å²) in [6.45, 7) is 3.51. The predicted molar refractivity (Wildman–Crippen MR) is 76.4 cm³/mol. The van der Waals surface area contributed by atoms with Crippen LogP contribution in [0.5, 0.6) is 0 Å². The molecule has 0 spiro atoms. The molecule has 0 saturated carbocycles. The maximum absolute atomic E-state index is 13.4. The van der Waals surface area contributed by atoms with Gasteiger partial charge in [0.1, 0.15) is 11.9 Å². The normalized spacial score (nSPS) is 12.5. The Balaban J connectivity index is 2.52. The zero-order valence-corrected chi connectivity index (χ0v) is 12.1. The average molecular weight is 299 g/mol. The minimum absolute atomic E-state index is 0.204. The van der Waals surface area contributed by atoms with Gasteiger partial charge in [-0.1, -0.05) is 29.3 Å². The highest BCUT2D eigenvalue weighted by Crippen LogP contribution is 2.32. The largest absolute Gasteiger partial charge is 0.384 e. The number of benzene rings is 2. The second-order valence-electron chi connectivity index (χ2n) is 4.53. The molecule has 0 heterocycles. The van der Waals surface area contributed by atoms with Crippen molar-refractivity contribution in [3.8, 4) is 0 Å². The van der Waals surface area contributed by atoms with E-state index in [0.717, 1.165) is 5.56 Å². The molecule has 19 heavy (non-hydrogen) atoms. The van der Waals surface area contributed by atoms with Crippen LogP contribution in [-0.2, 0) is 0 Å². The SMILES string of the molecule is Cc1cc(C(O)c2cc(Cl)ccc2C)c(Cl)cc1F. The summed E-state index contributed by atoms with van der Waals surface area (Å²) in [5, 5.41) is 11.2. The Morgan fingerprint density at radius 1 is 1.00 bits per heavy atom. The highest BCUT2D eigenvalue weighted by atomic mass is 35.5. The van der Waals surface area contributed by atoms with Gasteiger partial charge in [0.25, 0.3) is 0 Å². The van der Waals surface area contributed by atoms with Crippen LogP contribution in [0, 0.1) is 19.7 Å². The third-order valence-corrected chi connectivity index (χ3v) is 3.67. The van der Waals surface area contributed by atoms with E-state index in [2.05, 4.69) is 0 Å². The summed E-state index contributed by atoms with van der Waals surface area (Å²) in [7, 11) is 0. The van der Waals surface area contributed by atoms with Gasteiger partial charge in [-0.05, 0) is 54.8 Å². The van der Waals surface area contributed by atoms with Gasteiger partial charge in [-0.15, -0.1) is 0 Å². The first-order valence-electron chi connectivity index (χ1n) is 5.80. The van der Waals surface area contributed by atoms with Crippen molar-refractivity contribution < 1.29 is 9.50 Å². The molecule has 0 amide bonds. The van der Waals surface area contributed by atoms with Gasteiger partial charge < -0.3 is 5.11 Å². The van der Waals surface area contributed by atoms with Crippen LogP contribution in [0.25, 0.3) is 0 Å². The molecule has 1 atom stereocenters. The van der Waals surface area contributed by atoms with Crippen molar-refractivity contribution in [3.63, 3.8) is 0 Å². The van der Waals surface area contributed by atoms with Gasteiger partial charge in [0.2, 0.25) is 0 Å². The van der Waals surface area contributed by atoms with Crippen molar-refractivity contribution in [2.45, 2.75) is 20.0 Å². The fraction of sp³-hybridized carbons (Fsp3) is 0.200. The molecule has 2 aromatic rings. The minimum atomic E-state index is -0.925. The summed E-state index contributed by atoms with van der Waals surface area (Å²) in [4.78, 5) is 0. The van der Waals surface area contributed by atoms with Crippen molar-refractivity contribution in [1.82, 2.24) is 0 Å². The van der Waals surface area contributed by atoms with E-state index >= 15 is 0 Å². The van der Waals surface area contributed by atoms with Gasteiger partial charge in [0.15, 0.2) is 0 Å². The molecule has 2 rings (SSSR count). The summed E-state index contributed by atoms with van der Waals surface area (Å²) < 4.78 is 13.4. The number of aliphatic hydroxyl groups excluding tert-OH is 1. The molecule has 0 aliphatic heterocycles. The van der Waals surface area contributed by atoms with E-state index in [-0.39, 0.29) is 10.8 Å². The second-order valence-corrected chi connectivity index (χ2v) is 5.37. The van der Waals surface area contributed by atoms with E-state index in [1.807, 2.05) is 13.0 Å². The summed E-state index contributed by atoms with van der Waals surface area (Å²) in [5.74, 6) is -0.385. The molecule has 0 fully saturated rings. The lowest BCUT2D eigenvalue weighted by Gasteiger charge is -2.17. The van der Waals surface area contributed by atoms with Gasteiger partial charge >= 0.3 is 0 Å². The van der Waals surface area contributed by atoms with Crippen molar-refractivity contribution in [2.24, 2.45) is 0 Å². The molecule has 0 bridgehead atoms. The lowest BCUT2D eigenvalue weighted by Crippen LogP contribution is -2.04. The van der Waals surface area contributed by atoms with Crippen molar-refractivity contribution in [3.05, 3.63) is 68.4 Å². The highest BCUT2D eigenvalue weighted by molar-refractivity contribution is 6.31. The van der Waals surface area contributed by atoms with Crippen molar-refractivity contribution in [2.75, 3.05) is 0 Å². The maximum Gasteiger partial charge on any atom is 0.127 e. The molecule has 0 radical (unpaired) electrons. The average Bonchev–Trinajstić information content (AvgIpc) is 2.36. The topological polar surface area (TPSA) is 20.2 Å². The van der Waals surface area contributed by atoms with Crippen molar-refractivity contribution in [1.29, 1.82) is 0 Å². The number of aryl methyl sites for hydroxylation is 2. The molecule has 4 heteroatoms. The molecule has 2 aromatic carbocycles. The quantitative estimate of drug-likeness (QED) is 0.842. The Morgan fingerprint density at radius 2 is 1.68 bits per heavy atom. The maximum atomic E-state index is 13.4. The molecular formula is C15H13Cl2FO. The Labute approximate surface area is 121 Å². The van der Waals surface area contributed by atoms with E-state index in [0.29, 0.717) is 21.7 Å². The summed E-state index contributed by atoms with van der Waals surface area (Å²) in [5.41, 5.74) is 2.49.